The van der Waals surface area contributed by atoms with Gasteiger partial charge in [0, 0.05) is 11.3 Å². The van der Waals surface area contributed by atoms with Gasteiger partial charge in [0.1, 0.15) is 11.8 Å². The number of carbonyl (C=O) groups excluding carboxylic acids is 3. The van der Waals surface area contributed by atoms with E-state index in [1.807, 2.05) is 6.07 Å². The van der Waals surface area contributed by atoms with Gasteiger partial charge in [-0.1, -0.05) is 12.1 Å². The number of Topliss-reactive ketones (excluding diaryl/α,β-unsaturated/α-hetero) is 2. The first-order valence-corrected chi connectivity index (χ1v) is 7.86. The maximum atomic E-state index is 12.2. The Bertz CT molecular complexity index is 905. The van der Waals surface area contributed by atoms with Gasteiger partial charge in [-0.15, -0.1) is 0 Å². The van der Waals surface area contributed by atoms with Crippen LogP contribution in [0.1, 0.15) is 44.6 Å². The molecule has 26 heavy (non-hydrogen) atoms. The fraction of sp³-hybridized carbons (Fsp3) is 0.263. The van der Waals surface area contributed by atoms with Crippen LogP contribution in [-0.2, 0) is 9.53 Å². The maximum Gasteiger partial charge on any atom is 0.344 e. The fourth-order valence-corrected chi connectivity index (χ4v) is 2.64. The summed E-state index contributed by atoms with van der Waals surface area (Å²) < 4.78 is 10.2. The van der Waals surface area contributed by atoms with Crippen LogP contribution in [0, 0.1) is 25.2 Å². The van der Waals surface area contributed by atoms with E-state index in [9.17, 15) is 14.4 Å². The van der Waals surface area contributed by atoms with Gasteiger partial charge in [0.25, 0.3) is 0 Å². The highest BCUT2D eigenvalue weighted by molar-refractivity contribution is 6.04. The molecule has 0 saturated heterocycles. The van der Waals surface area contributed by atoms with E-state index in [1.165, 1.54) is 6.92 Å². The lowest BCUT2D eigenvalue weighted by atomic mass is 10.1. The van der Waals surface area contributed by atoms with Gasteiger partial charge >= 0.3 is 5.97 Å². The lowest BCUT2D eigenvalue weighted by molar-refractivity contribution is -0.144. The molecule has 7 nitrogen and oxygen atoms in total. The van der Waals surface area contributed by atoms with Crippen molar-refractivity contribution >= 4 is 17.5 Å². The van der Waals surface area contributed by atoms with Crippen LogP contribution >= 0.6 is 0 Å². The third-order valence-corrected chi connectivity index (χ3v) is 3.79. The van der Waals surface area contributed by atoms with Gasteiger partial charge in [-0.05, 0) is 38.5 Å². The smallest absolute Gasteiger partial charge is 0.344 e. The summed E-state index contributed by atoms with van der Waals surface area (Å²) in [7, 11) is 0. The summed E-state index contributed by atoms with van der Waals surface area (Å²) >= 11 is 0. The number of benzene rings is 1. The highest BCUT2D eigenvalue weighted by Gasteiger charge is 2.20. The van der Waals surface area contributed by atoms with Crippen LogP contribution in [0.4, 0.5) is 0 Å². The lowest BCUT2D eigenvalue weighted by Gasteiger charge is -2.07. The molecule has 1 aromatic carbocycles. The van der Waals surface area contributed by atoms with Crippen LogP contribution in [0.2, 0.25) is 0 Å². The number of nitrogens with zero attached hydrogens (tertiary/aromatic N) is 1. The van der Waals surface area contributed by atoms with E-state index in [4.69, 9.17) is 14.7 Å². The highest BCUT2D eigenvalue weighted by Crippen LogP contribution is 2.19. The summed E-state index contributed by atoms with van der Waals surface area (Å²) in [5, 5.41) is 8.96. The summed E-state index contributed by atoms with van der Waals surface area (Å²) in [5.41, 5.74) is 2.15. The van der Waals surface area contributed by atoms with E-state index < -0.39 is 25.0 Å². The molecule has 1 aromatic heterocycles. The summed E-state index contributed by atoms with van der Waals surface area (Å²) in [6.45, 7) is 3.89. The Morgan fingerprint density at radius 3 is 2.46 bits per heavy atom. The van der Waals surface area contributed by atoms with Crippen molar-refractivity contribution in [2.24, 2.45) is 0 Å². The number of rotatable bonds is 7. The molecular weight excluding hydrogens is 336 g/mol. The van der Waals surface area contributed by atoms with Gasteiger partial charge in [0.15, 0.2) is 19.0 Å². The Morgan fingerprint density at radius 2 is 1.85 bits per heavy atom. The topological polar surface area (TPSA) is 109 Å². The van der Waals surface area contributed by atoms with Crippen molar-refractivity contribution in [2.75, 3.05) is 13.2 Å². The first-order valence-electron chi connectivity index (χ1n) is 7.86. The summed E-state index contributed by atoms with van der Waals surface area (Å²) in [6.07, 6.45) is 0. The van der Waals surface area contributed by atoms with Crippen LogP contribution in [-0.4, -0.2) is 35.7 Å². The first kappa shape index (κ1) is 18.9. The Hall–Kier alpha value is -3.40. The molecule has 0 bridgehead atoms. The number of nitriles is 1. The van der Waals surface area contributed by atoms with Crippen molar-refractivity contribution in [1.82, 2.24) is 4.98 Å². The molecule has 0 radical (unpaired) electrons. The van der Waals surface area contributed by atoms with E-state index in [1.54, 1.807) is 38.1 Å². The maximum absolute atomic E-state index is 12.2. The molecular formula is C19H18N2O5. The summed E-state index contributed by atoms with van der Waals surface area (Å²) in [5.74, 6) is -1.06. The SMILES string of the molecule is CC(=O)c1c(C)[nH]c(C(=O)COC(=O)COc2ccccc2C#N)c1C. The average molecular weight is 354 g/mol. The summed E-state index contributed by atoms with van der Waals surface area (Å²) in [6, 6.07) is 8.43. The van der Waals surface area contributed by atoms with Gasteiger partial charge in [0.2, 0.25) is 5.78 Å². The van der Waals surface area contributed by atoms with Crippen LogP contribution < -0.4 is 4.74 Å². The fourth-order valence-electron chi connectivity index (χ4n) is 2.64. The number of aromatic nitrogens is 1. The molecule has 0 aliphatic carbocycles. The quantitative estimate of drug-likeness (QED) is 0.604. The number of ether oxygens (including phenoxy) is 2. The van der Waals surface area contributed by atoms with E-state index >= 15 is 0 Å². The Labute approximate surface area is 150 Å². The standard InChI is InChI=1S/C19H18N2O5/c1-11-18(13(3)22)12(2)21-19(11)15(23)9-26-17(24)10-25-16-7-5-4-6-14(16)8-20/h4-7,21H,9-10H2,1-3H3. The van der Waals surface area contributed by atoms with Crippen molar-refractivity contribution in [3.8, 4) is 11.8 Å². The largest absolute Gasteiger partial charge is 0.481 e. The second kappa shape index (κ2) is 8.12. The number of para-hydroxylation sites is 1. The first-order chi connectivity index (χ1) is 12.3. The van der Waals surface area contributed by atoms with E-state index in [0.717, 1.165) is 0 Å². The molecule has 0 amide bonds. The molecule has 0 unspecified atom stereocenters. The third-order valence-electron chi connectivity index (χ3n) is 3.79. The molecule has 134 valence electrons. The minimum absolute atomic E-state index is 0.142. The summed E-state index contributed by atoms with van der Waals surface area (Å²) in [4.78, 5) is 38.5. The van der Waals surface area contributed by atoms with Crippen molar-refractivity contribution in [3.63, 3.8) is 0 Å². The van der Waals surface area contributed by atoms with E-state index in [2.05, 4.69) is 4.98 Å². The van der Waals surface area contributed by atoms with Crippen molar-refractivity contribution in [2.45, 2.75) is 20.8 Å². The molecule has 1 heterocycles. The normalized spacial score (nSPS) is 10.1. The monoisotopic (exact) mass is 354 g/mol. The lowest BCUT2D eigenvalue weighted by Crippen LogP contribution is -2.20. The molecule has 1 N–H and O–H groups in total. The predicted octanol–water partition coefficient (Wildman–Crippen LogP) is 2.51. The van der Waals surface area contributed by atoms with Crippen LogP contribution in [0.3, 0.4) is 0 Å². The number of esters is 1. The molecule has 0 fully saturated rings. The minimum atomic E-state index is -0.737. The Morgan fingerprint density at radius 1 is 1.15 bits per heavy atom. The third kappa shape index (κ3) is 4.16. The van der Waals surface area contributed by atoms with Crippen molar-refractivity contribution < 1.29 is 23.9 Å². The molecule has 0 aliphatic rings. The number of H-pyrrole nitrogens is 1. The molecule has 2 rings (SSSR count). The van der Waals surface area contributed by atoms with Crippen LogP contribution in [0.15, 0.2) is 24.3 Å². The van der Waals surface area contributed by atoms with Gasteiger partial charge < -0.3 is 14.5 Å². The minimum Gasteiger partial charge on any atom is -0.481 e. The number of carbonyl (C=O) groups is 3. The molecule has 7 heteroatoms. The zero-order valence-electron chi connectivity index (χ0n) is 14.7. The van der Waals surface area contributed by atoms with Gasteiger partial charge in [0.05, 0.1) is 11.3 Å². The van der Waals surface area contributed by atoms with Gasteiger partial charge in [-0.3, -0.25) is 9.59 Å². The molecule has 0 aliphatic heterocycles. The Kier molecular flexibility index (Phi) is 5.91. The molecule has 0 saturated carbocycles. The second-order valence-corrected chi connectivity index (χ2v) is 5.66. The molecule has 0 spiro atoms. The second-order valence-electron chi connectivity index (χ2n) is 5.66. The number of hydrogen-bond donors (Lipinski definition) is 1. The number of aromatic amines is 1. The number of aryl methyl sites for hydroxylation is 1. The van der Waals surface area contributed by atoms with Crippen LogP contribution in [0.25, 0.3) is 0 Å². The Balaban J connectivity index is 1.93. The number of hydrogen-bond acceptors (Lipinski definition) is 6. The van der Waals surface area contributed by atoms with Crippen molar-refractivity contribution in [3.05, 3.63) is 52.3 Å². The molecule has 0 atom stereocenters. The van der Waals surface area contributed by atoms with Crippen LogP contribution in [0.5, 0.6) is 5.75 Å². The zero-order chi connectivity index (χ0) is 19.3. The number of nitrogens with one attached hydrogen (secondary N) is 1. The molecule has 2 aromatic rings. The van der Waals surface area contributed by atoms with Gasteiger partial charge in [-0.2, -0.15) is 5.26 Å². The predicted molar refractivity (Wildman–Crippen MR) is 92.2 cm³/mol. The van der Waals surface area contributed by atoms with Crippen molar-refractivity contribution in [1.29, 1.82) is 5.26 Å². The number of ketones is 2. The zero-order valence-corrected chi connectivity index (χ0v) is 14.7. The van der Waals surface area contributed by atoms with E-state index in [-0.39, 0.29) is 17.2 Å². The van der Waals surface area contributed by atoms with Gasteiger partial charge in [-0.25, -0.2) is 4.79 Å². The highest BCUT2D eigenvalue weighted by atomic mass is 16.6. The average Bonchev–Trinajstić information content (AvgIpc) is 2.92. The van der Waals surface area contributed by atoms with E-state index in [0.29, 0.717) is 22.4 Å².